The van der Waals surface area contributed by atoms with Crippen molar-refractivity contribution in [3.05, 3.63) is 66.2 Å². The van der Waals surface area contributed by atoms with Crippen molar-refractivity contribution in [1.82, 2.24) is 9.21 Å². The fraction of sp³-hybridized carbons (Fsp3) is 0.364. The van der Waals surface area contributed by atoms with Gasteiger partial charge in [-0.05, 0) is 38.5 Å². The summed E-state index contributed by atoms with van der Waals surface area (Å²) < 4.78 is 32.5. The van der Waals surface area contributed by atoms with Crippen LogP contribution < -0.4 is 0 Å². The molecule has 1 heterocycles. The Kier molecular flexibility index (Phi) is 6.17. The van der Waals surface area contributed by atoms with Crippen LogP contribution in [0.25, 0.3) is 0 Å². The van der Waals surface area contributed by atoms with E-state index in [2.05, 4.69) is 0 Å². The Hall–Kier alpha value is -2.87. The predicted molar refractivity (Wildman–Crippen MR) is 112 cm³/mol. The summed E-state index contributed by atoms with van der Waals surface area (Å²) in [7, 11) is -4.02. The van der Waals surface area contributed by atoms with Crippen LogP contribution in [0.2, 0.25) is 0 Å². The van der Waals surface area contributed by atoms with Crippen molar-refractivity contribution in [3.8, 4) is 0 Å². The van der Waals surface area contributed by atoms with E-state index >= 15 is 0 Å². The molecule has 0 bridgehead atoms. The lowest BCUT2D eigenvalue weighted by Crippen LogP contribution is -2.61. The molecule has 30 heavy (non-hydrogen) atoms. The van der Waals surface area contributed by atoms with Gasteiger partial charge in [0.25, 0.3) is 15.9 Å². The van der Waals surface area contributed by atoms with E-state index in [0.29, 0.717) is 0 Å². The number of carbonyl (C=O) groups is 2. The quantitative estimate of drug-likeness (QED) is 0.744. The summed E-state index contributed by atoms with van der Waals surface area (Å²) in [5, 5.41) is 0. The summed E-state index contributed by atoms with van der Waals surface area (Å²) in [6, 6.07) is 16.0. The summed E-state index contributed by atoms with van der Waals surface area (Å²) >= 11 is 0. The van der Waals surface area contributed by atoms with Gasteiger partial charge in [0.05, 0.1) is 11.4 Å². The van der Waals surface area contributed by atoms with Crippen LogP contribution in [0.5, 0.6) is 0 Å². The van der Waals surface area contributed by atoms with Crippen molar-refractivity contribution in [2.75, 3.05) is 13.1 Å². The average Bonchev–Trinajstić information content (AvgIpc) is 2.69. The smallest absolute Gasteiger partial charge is 0.411 e. The number of piperazine rings is 1. The van der Waals surface area contributed by atoms with Crippen LogP contribution >= 0.6 is 0 Å². The van der Waals surface area contributed by atoms with Gasteiger partial charge in [0.1, 0.15) is 11.6 Å². The van der Waals surface area contributed by atoms with Crippen LogP contribution in [-0.4, -0.2) is 54.4 Å². The SMILES string of the molecule is CC(C)(C)OC(=O)N1CCN(S(=O)(=O)c2ccccc2)C(=O)[C@@H]1Cc1ccccc1. The zero-order chi connectivity index (χ0) is 21.9. The Bertz CT molecular complexity index is 1000. The molecule has 0 aromatic heterocycles. The fourth-order valence-corrected chi connectivity index (χ4v) is 4.73. The van der Waals surface area contributed by atoms with Gasteiger partial charge in [0, 0.05) is 13.0 Å². The molecule has 1 aliphatic heterocycles. The van der Waals surface area contributed by atoms with E-state index in [1.807, 2.05) is 30.3 Å². The van der Waals surface area contributed by atoms with Crippen LogP contribution in [0.1, 0.15) is 26.3 Å². The van der Waals surface area contributed by atoms with E-state index in [1.54, 1.807) is 39.0 Å². The van der Waals surface area contributed by atoms with Gasteiger partial charge < -0.3 is 4.74 Å². The van der Waals surface area contributed by atoms with Crippen LogP contribution in [0, 0.1) is 0 Å². The minimum absolute atomic E-state index is 0.0440. The van der Waals surface area contributed by atoms with E-state index in [-0.39, 0.29) is 24.4 Å². The molecule has 0 saturated carbocycles. The Morgan fingerprint density at radius 2 is 1.57 bits per heavy atom. The van der Waals surface area contributed by atoms with Crippen LogP contribution in [0.15, 0.2) is 65.6 Å². The topological polar surface area (TPSA) is 84.0 Å². The summed E-state index contributed by atoms with van der Waals surface area (Å²) in [6.45, 7) is 5.17. The minimum Gasteiger partial charge on any atom is -0.444 e. The molecule has 160 valence electrons. The van der Waals surface area contributed by atoms with Gasteiger partial charge in [-0.15, -0.1) is 0 Å². The van der Waals surface area contributed by atoms with Gasteiger partial charge in [-0.1, -0.05) is 48.5 Å². The Labute approximate surface area is 177 Å². The van der Waals surface area contributed by atoms with Gasteiger partial charge in [-0.25, -0.2) is 17.5 Å². The molecule has 0 spiro atoms. The van der Waals surface area contributed by atoms with Crippen LogP contribution in [-0.2, 0) is 26.0 Å². The number of amides is 2. The molecule has 1 saturated heterocycles. The largest absolute Gasteiger partial charge is 0.444 e. The highest BCUT2D eigenvalue weighted by Crippen LogP contribution is 2.25. The third-order valence-electron chi connectivity index (χ3n) is 4.68. The molecule has 1 aliphatic rings. The van der Waals surface area contributed by atoms with E-state index in [0.717, 1.165) is 9.87 Å². The minimum atomic E-state index is -4.02. The molecule has 2 amide bonds. The highest BCUT2D eigenvalue weighted by Gasteiger charge is 2.43. The second kappa shape index (κ2) is 8.47. The van der Waals surface area contributed by atoms with E-state index < -0.39 is 33.7 Å². The molecule has 1 atom stereocenters. The number of hydrogen-bond acceptors (Lipinski definition) is 5. The lowest BCUT2D eigenvalue weighted by Gasteiger charge is -2.40. The lowest BCUT2D eigenvalue weighted by atomic mass is 10.0. The highest BCUT2D eigenvalue weighted by molar-refractivity contribution is 7.89. The first-order chi connectivity index (χ1) is 14.1. The molecule has 0 N–H and O–H groups in total. The van der Waals surface area contributed by atoms with E-state index in [4.69, 9.17) is 4.74 Å². The molecule has 8 heteroatoms. The summed E-state index contributed by atoms with van der Waals surface area (Å²) in [5.41, 5.74) is 0.0911. The highest BCUT2D eigenvalue weighted by atomic mass is 32.2. The van der Waals surface area contributed by atoms with Gasteiger partial charge >= 0.3 is 6.09 Å². The zero-order valence-electron chi connectivity index (χ0n) is 17.3. The van der Waals surface area contributed by atoms with E-state index in [1.165, 1.54) is 17.0 Å². The molecular weight excluding hydrogens is 404 g/mol. The number of benzene rings is 2. The number of nitrogens with zero attached hydrogens (tertiary/aromatic N) is 2. The number of ether oxygens (including phenoxy) is 1. The first kappa shape index (κ1) is 21.8. The molecule has 7 nitrogen and oxygen atoms in total. The number of rotatable bonds is 4. The average molecular weight is 431 g/mol. The van der Waals surface area contributed by atoms with Crippen LogP contribution in [0.4, 0.5) is 4.79 Å². The van der Waals surface area contributed by atoms with Gasteiger partial charge in [-0.2, -0.15) is 0 Å². The number of carbonyl (C=O) groups excluding carboxylic acids is 2. The first-order valence-corrected chi connectivity index (χ1v) is 11.2. The van der Waals surface area contributed by atoms with Crippen molar-refractivity contribution < 1.29 is 22.7 Å². The second-order valence-electron chi connectivity index (χ2n) is 8.11. The molecule has 2 aromatic carbocycles. The van der Waals surface area contributed by atoms with Gasteiger partial charge in [0.2, 0.25) is 0 Å². The normalized spacial score (nSPS) is 17.7. The Morgan fingerprint density at radius 3 is 2.13 bits per heavy atom. The predicted octanol–water partition coefficient (Wildman–Crippen LogP) is 3.07. The van der Waals surface area contributed by atoms with Gasteiger partial charge in [0.15, 0.2) is 0 Å². The molecule has 3 rings (SSSR count). The molecule has 1 fully saturated rings. The van der Waals surface area contributed by atoms with Crippen LogP contribution in [0.3, 0.4) is 0 Å². The summed E-state index contributed by atoms with van der Waals surface area (Å²) in [6.07, 6.45) is -0.437. The number of hydrogen-bond donors (Lipinski definition) is 0. The monoisotopic (exact) mass is 430 g/mol. The molecule has 0 unspecified atom stereocenters. The van der Waals surface area contributed by atoms with Crippen molar-refractivity contribution in [2.45, 2.75) is 43.7 Å². The molecule has 2 aromatic rings. The maximum absolute atomic E-state index is 13.3. The maximum atomic E-state index is 13.3. The first-order valence-electron chi connectivity index (χ1n) is 9.75. The number of sulfonamides is 1. The van der Waals surface area contributed by atoms with Crippen molar-refractivity contribution in [1.29, 1.82) is 0 Å². The van der Waals surface area contributed by atoms with Crippen molar-refractivity contribution in [3.63, 3.8) is 0 Å². The van der Waals surface area contributed by atoms with Gasteiger partial charge in [-0.3, -0.25) is 9.69 Å². The Balaban J connectivity index is 1.93. The summed E-state index contributed by atoms with van der Waals surface area (Å²) in [5.74, 6) is -0.639. The Morgan fingerprint density at radius 1 is 1.00 bits per heavy atom. The third-order valence-corrected chi connectivity index (χ3v) is 6.49. The van der Waals surface area contributed by atoms with Crippen molar-refractivity contribution in [2.24, 2.45) is 0 Å². The molecule has 0 aliphatic carbocycles. The fourth-order valence-electron chi connectivity index (χ4n) is 3.30. The van der Waals surface area contributed by atoms with Crippen molar-refractivity contribution >= 4 is 22.0 Å². The summed E-state index contributed by atoms with van der Waals surface area (Å²) in [4.78, 5) is 27.5. The standard InChI is InChI=1S/C22H26N2O5S/c1-22(2,3)29-21(26)23-14-15-24(30(27,28)18-12-8-5-9-13-18)20(25)19(23)16-17-10-6-4-7-11-17/h4-13,19H,14-16H2,1-3H3/t19-/m0/s1. The molecule has 0 radical (unpaired) electrons. The zero-order valence-corrected chi connectivity index (χ0v) is 18.1. The van der Waals surface area contributed by atoms with E-state index in [9.17, 15) is 18.0 Å². The lowest BCUT2D eigenvalue weighted by molar-refractivity contribution is -0.135. The maximum Gasteiger partial charge on any atom is 0.411 e. The second-order valence-corrected chi connectivity index (χ2v) is 9.97. The molecular formula is C22H26N2O5S. The third kappa shape index (κ3) is 4.81.